The molecular weight excluding hydrogens is 152 g/mol. The molecule has 0 radical (unpaired) electrons. The van der Waals surface area contributed by atoms with E-state index in [9.17, 15) is 0 Å². The molecule has 0 saturated carbocycles. The maximum atomic E-state index is 5.06. The molecule has 1 saturated heterocycles. The van der Waals surface area contributed by atoms with Crippen molar-refractivity contribution in [2.24, 2.45) is 0 Å². The van der Waals surface area contributed by atoms with Crippen LogP contribution in [-0.2, 0) is 0 Å². The van der Waals surface area contributed by atoms with Gasteiger partial charge in [0.2, 0.25) is 0 Å². The van der Waals surface area contributed by atoms with Crippen molar-refractivity contribution in [2.45, 2.75) is 6.04 Å². The number of likely N-dealkylation sites (N-methyl/N-ethyl adjacent to an activating group) is 1. The Balaban J connectivity index is 2.11. The fraction of sp³-hybridized carbons (Fsp3) is 0.556. The molecule has 0 aliphatic carbocycles. The first kappa shape index (κ1) is 7.83. The van der Waals surface area contributed by atoms with E-state index >= 15 is 0 Å². The maximum Gasteiger partial charge on any atom is 0.0950 e. The fourth-order valence-electron chi connectivity index (χ4n) is 1.64. The van der Waals surface area contributed by atoms with Crippen molar-refractivity contribution in [3.05, 3.63) is 24.2 Å². The third kappa shape index (κ3) is 1.38. The molecule has 2 rings (SSSR count). The third-order valence-corrected chi connectivity index (χ3v) is 2.44. The van der Waals surface area contributed by atoms with Gasteiger partial charge in [0.15, 0.2) is 0 Å². The quantitative estimate of drug-likeness (QED) is 0.670. The van der Waals surface area contributed by atoms with Gasteiger partial charge in [-0.25, -0.2) is 0 Å². The average Bonchev–Trinajstić information content (AvgIpc) is 2.57. The van der Waals surface area contributed by atoms with Crippen molar-refractivity contribution in [1.82, 2.24) is 10.2 Å². The summed E-state index contributed by atoms with van der Waals surface area (Å²) in [4.78, 5) is 2.35. The summed E-state index contributed by atoms with van der Waals surface area (Å²) >= 11 is 0. The summed E-state index contributed by atoms with van der Waals surface area (Å²) in [5.41, 5.74) is 1.27. The summed E-state index contributed by atoms with van der Waals surface area (Å²) in [6, 6.07) is 2.52. The molecule has 1 aliphatic rings. The molecule has 0 spiro atoms. The van der Waals surface area contributed by atoms with Gasteiger partial charge in [0.05, 0.1) is 18.6 Å². The van der Waals surface area contributed by atoms with Gasteiger partial charge in [-0.3, -0.25) is 4.90 Å². The van der Waals surface area contributed by atoms with E-state index in [4.69, 9.17) is 4.42 Å². The van der Waals surface area contributed by atoms with Crippen LogP contribution in [0.15, 0.2) is 23.0 Å². The Morgan fingerprint density at radius 2 is 2.58 bits per heavy atom. The molecule has 66 valence electrons. The second-order valence-corrected chi connectivity index (χ2v) is 3.26. The Labute approximate surface area is 72.4 Å². The third-order valence-electron chi connectivity index (χ3n) is 2.44. The first-order valence-corrected chi connectivity index (χ1v) is 4.31. The highest BCUT2D eigenvalue weighted by Gasteiger charge is 2.20. The fourth-order valence-corrected chi connectivity index (χ4v) is 1.64. The minimum absolute atomic E-state index is 0.484. The highest BCUT2D eigenvalue weighted by molar-refractivity contribution is 5.12. The number of piperazine rings is 1. The summed E-state index contributed by atoms with van der Waals surface area (Å²) in [7, 11) is 2.15. The number of nitrogens with zero attached hydrogens (tertiary/aromatic N) is 1. The summed E-state index contributed by atoms with van der Waals surface area (Å²) in [5, 5.41) is 3.37. The van der Waals surface area contributed by atoms with Gasteiger partial charge in [0, 0.05) is 25.2 Å². The van der Waals surface area contributed by atoms with Gasteiger partial charge in [0.25, 0.3) is 0 Å². The van der Waals surface area contributed by atoms with Gasteiger partial charge in [-0.2, -0.15) is 0 Å². The van der Waals surface area contributed by atoms with Crippen LogP contribution in [-0.4, -0.2) is 31.6 Å². The SMILES string of the molecule is CN1CCNCC1c1ccoc1. The van der Waals surface area contributed by atoms with Crippen molar-refractivity contribution < 1.29 is 4.42 Å². The van der Waals surface area contributed by atoms with E-state index in [0.717, 1.165) is 19.6 Å². The molecule has 1 N–H and O–H groups in total. The topological polar surface area (TPSA) is 28.4 Å². The molecule has 0 bridgehead atoms. The van der Waals surface area contributed by atoms with E-state index in [-0.39, 0.29) is 0 Å². The molecule has 3 heteroatoms. The van der Waals surface area contributed by atoms with E-state index in [2.05, 4.69) is 17.3 Å². The Bertz CT molecular complexity index is 233. The number of furan rings is 1. The van der Waals surface area contributed by atoms with Gasteiger partial charge in [-0.1, -0.05) is 0 Å². The molecule has 1 aromatic rings. The Morgan fingerprint density at radius 3 is 3.25 bits per heavy atom. The highest BCUT2D eigenvalue weighted by atomic mass is 16.3. The van der Waals surface area contributed by atoms with Crippen molar-refractivity contribution in [1.29, 1.82) is 0 Å². The lowest BCUT2D eigenvalue weighted by atomic mass is 10.1. The minimum atomic E-state index is 0.484. The number of nitrogens with one attached hydrogen (secondary N) is 1. The first-order chi connectivity index (χ1) is 5.88. The molecule has 1 unspecified atom stereocenters. The second-order valence-electron chi connectivity index (χ2n) is 3.26. The Kier molecular flexibility index (Phi) is 2.15. The molecule has 1 aromatic heterocycles. The number of hydrogen-bond acceptors (Lipinski definition) is 3. The summed E-state index contributed by atoms with van der Waals surface area (Å²) < 4.78 is 5.06. The first-order valence-electron chi connectivity index (χ1n) is 4.31. The molecule has 1 atom stereocenters. The largest absolute Gasteiger partial charge is 0.472 e. The molecule has 1 fully saturated rings. The standard InChI is InChI=1S/C9H14N2O/c1-11-4-3-10-6-9(11)8-2-5-12-7-8/h2,5,7,9-10H,3-4,6H2,1H3. The normalized spacial score (nSPS) is 25.9. The van der Waals surface area contributed by atoms with Crippen molar-refractivity contribution in [3.8, 4) is 0 Å². The molecule has 2 heterocycles. The van der Waals surface area contributed by atoms with Crippen LogP contribution in [0.5, 0.6) is 0 Å². The number of hydrogen-bond donors (Lipinski definition) is 1. The van der Waals surface area contributed by atoms with Crippen LogP contribution >= 0.6 is 0 Å². The van der Waals surface area contributed by atoms with Crippen molar-refractivity contribution >= 4 is 0 Å². The van der Waals surface area contributed by atoms with Gasteiger partial charge in [0.1, 0.15) is 0 Å². The number of rotatable bonds is 1. The van der Waals surface area contributed by atoms with E-state index in [1.165, 1.54) is 5.56 Å². The van der Waals surface area contributed by atoms with Gasteiger partial charge >= 0.3 is 0 Å². The van der Waals surface area contributed by atoms with E-state index in [1.807, 2.05) is 12.3 Å². The molecule has 12 heavy (non-hydrogen) atoms. The molecule has 3 nitrogen and oxygen atoms in total. The van der Waals surface area contributed by atoms with Crippen LogP contribution < -0.4 is 5.32 Å². The van der Waals surface area contributed by atoms with Crippen LogP contribution in [0.4, 0.5) is 0 Å². The summed E-state index contributed by atoms with van der Waals surface area (Å²) in [6.45, 7) is 3.22. The minimum Gasteiger partial charge on any atom is -0.472 e. The van der Waals surface area contributed by atoms with Crippen molar-refractivity contribution in [3.63, 3.8) is 0 Å². The second kappa shape index (κ2) is 3.29. The average molecular weight is 166 g/mol. The predicted molar refractivity (Wildman–Crippen MR) is 46.9 cm³/mol. The van der Waals surface area contributed by atoms with Crippen LogP contribution in [0.25, 0.3) is 0 Å². The summed E-state index contributed by atoms with van der Waals surface area (Å²) in [6.07, 6.45) is 3.56. The van der Waals surface area contributed by atoms with Crippen LogP contribution in [0.3, 0.4) is 0 Å². The Morgan fingerprint density at radius 1 is 1.67 bits per heavy atom. The van der Waals surface area contributed by atoms with E-state index in [1.54, 1.807) is 6.26 Å². The molecular formula is C9H14N2O. The lowest BCUT2D eigenvalue weighted by molar-refractivity contribution is 0.201. The van der Waals surface area contributed by atoms with Gasteiger partial charge < -0.3 is 9.73 Å². The zero-order chi connectivity index (χ0) is 8.39. The van der Waals surface area contributed by atoms with Crippen LogP contribution in [0, 0.1) is 0 Å². The summed E-state index contributed by atoms with van der Waals surface area (Å²) in [5.74, 6) is 0. The van der Waals surface area contributed by atoms with E-state index < -0.39 is 0 Å². The highest BCUT2D eigenvalue weighted by Crippen LogP contribution is 2.20. The molecule has 1 aliphatic heterocycles. The lowest BCUT2D eigenvalue weighted by Gasteiger charge is -2.32. The zero-order valence-electron chi connectivity index (χ0n) is 7.29. The van der Waals surface area contributed by atoms with Crippen molar-refractivity contribution in [2.75, 3.05) is 26.7 Å². The van der Waals surface area contributed by atoms with Crippen LogP contribution in [0.1, 0.15) is 11.6 Å². The zero-order valence-corrected chi connectivity index (χ0v) is 7.29. The molecule has 0 amide bonds. The predicted octanol–water partition coefficient (Wildman–Crippen LogP) is 0.856. The smallest absolute Gasteiger partial charge is 0.0950 e. The Hall–Kier alpha value is -0.800. The lowest BCUT2D eigenvalue weighted by Crippen LogP contribution is -2.43. The molecule has 0 aromatic carbocycles. The van der Waals surface area contributed by atoms with Gasteiger partial charge in [-0.15, -0.1) is 0 Å². The maximum absolute atomic E-state index is 5.06. The monoisotopic (exact) mass is 166 g/mol. The van der Waals surface area contributed by atoms with Gasteiger partial charge in [-0.05, 0) is 13.1 Å². The van der Waals surface area contributed by atoms with E-state index in [0.29, 0.717) is 6.04 Å². The van der Waals surface area contributed by atoms with Crippen LogP contribution in [0.2, 0.25) is 0 Å².